The molecule has 1 aliphatic rings. The second-order valence-electron chi connectivity index (χ2n) is 3.56. The van der Waals surface area contributed by atoms with Crippen LogP contribution in [0.3, 0.4) is 0 Å². The molecular weight excluding hydrogens is 266 g/mol. The first-order valence-electron chi connectivity index (χ1n) is 5.26. The van der Waals surface area contributed by atoms with Crippen molar-refractivity contribution in [1.82, 2.24) is 0 Å². The SMILES string of the molecule is NC1=NC(=O)C(=CC=Cc2ccccc2[N+](=O)[O-])S1. The summed E-state index contributed by atoms with van der Waals surface area (Å²) in [6.45, 7) is 0. The topological polar surface area (TPSA) is 98.6 Å². The lowest BCUT2D eigenvalue weighted by molar-refractivity contribution is -0.385. The number of carbonyl (C=O) groups is 1. The van der Waals surface area contributed by atoms with Gasteiger partial charge in [0, 0.05) is 6.07 Å². The van der Waals surface area contributed by atoms with Gasteiger partial charge in [-0.25, -0.2) is 0 Å². The maximum Gasteiger partial charge on any atom is 0.286 e. The Hall–Kier alpha value is -2.41. The summed E-state index contributed by atoms with van der Waals surface area (Å²) in [5, 5.41) is 11.0. The van der Waals surface area contributed by atoms with Crippen LogP contribution in [-0.4, -0.2) is 16.0 Å². The Labute approximate surface area is 112 Å². The van der Waals surface area contributed by atoms with Crippen molar-refractivity contribution >= 4 is 34.6 Å². The number of hydrogen-bond donors (Lipinski definition) is 1. The summed E-state index contributed by atoms with van der Waals surface area (Å²) in [7, 11) is 0. The first-order valence-corrected chi connectivity index (χ1v) is 6.07. The second kappa shape index (κ2) is 5.49. The van der Waals surface area contributed by atoms with Crippen LogP contribution in [0, 0.1) is 10.1 Å². The number of hydrogen-bond acceptors (Lipinski definition) is 5. The Morgan fingerprint density at radius 1 is 1.37 bits per heavy atom. The number of amidine groups is 1. The summed E-state index contributed by atoms with van der Waals surface area (Å²) in [5.74, 6) is -0.394. The molecule has 96 valence electrons. The van der Waals surface area contributed by atoms with E-state index in [1.54, 1.807) is 30.4 Å². The molecular formula is C12H9N3O3S. The molecule has 1 amide bonds. The average Bonchev–Trinajstić information content (AvgIpc) is 2.68. The monoisotopic (exact) mass is 275 g/mol. The molecule has 1 aromatic rings. The van der Waals surface area contributed by atoms with Crippen LogP contribution in [0.1, 0.15) is 5.56 Å². The number of thioether (sulfide) groups is 1. The Kier molecular flexibility index (Phi) is 3.76. The summed E-state index contributed by atoms with van der Waals surface area (Å²) < 4.78 is 0. The molecule has 19 heavy (non-hydrogen) atoms. The van der Waals surface area contributed by atoms with E-state index in [2.05, 4.69) is 4.99 Å². The predicted molar refractivity (Wildman–Crippen MR) is 74.4 cm³/mol. The molecule has 7 heteroatoms. The maximum absolute atomic E-state index is 11.3. The average molecular weight is 275 g/mol. The lowest BCUT2D eigenvalue weighted by atomic mass is 10.1. The molecule has 0 spiro atoms. The van der Waals surface area contributed by atoms with Gasteiger partial charge in [-0.1, -0.05) is 18.2 Å². The van der Waals surface area contributed by atoms with Crippen LogP contribution < -0.4 is 5.73 Å². The molecule has 0 unspecified atom stereocenters. The molecule has 6 nitrogen and oxygen atoms in total. The minimum absolute atomic E-state index is 0.0123. The van der Waals surface area contributed by atoms with E-state index in [-0.39, 0.29) is 10.9 Å². The maximum atomic E-state index is 11.3. The van der Waals surface area contributed by atoms with Crippen LogP contribution in [0.15, 0.2) is 46.3 Å². The highest BCUT2D eigenvalue weighted by atomic mass is 32.2. The van der Waals surface area contributed by atoms with Crippen molar-refractivity contribution in [1.29, 1.82) is 0 Å². The molecule has 1 heterocycles. The predicted octanol–water partition coefficient (Wildman–Crippen LogP) is 2.08. The van der Waals surface area contributed by atoms with Gasteiger partial charge in [0.1, 0.15) is 0 Å². The van der Waals surface area contributed by atoms with E-state index in [4.69, 9.17) is 5.73 Å². The lowest BCUT2D eigenvalue weighted by Crippen LogP contribution is -2.01. The van der Waals surface area contributed by atoms with Crippen molar-refractivity contribution in [2.45, 2.75) is 0 Å². The minimum Gasteiger partial charge on any atom is -0.378 e. The molecule has 0 atom stereocenters. The normalized spacial score (nSPS) is 17.2. The highest BCUT2D eigenvalue weighted by molar-refractivity contribution is 8.18. The molecule has 0 aromatic heterocycles. The van der Waals surface area contributed by atoms with E-state index in [0.29, 0.717) is 10.5 Å². The summed E-state index contributed by atoms with van der Waals surface area (Å²) in [6.07, 6.45) is 4.66. The molecule has 0 saturated heterocycles. The highest BCUT2D eigenvalue weighted by Gasteiger charge is 2.18. The molecule has 2 N–H and O–H groups in total. The van der Waals surface area contributed by atoms with Gasteiger partial charge in [-0.3, -0.25) is 14.9 Å². The number of nitro benzene ring substituents is 1. The molecule has 0 aliphatic carbocycles. The van der Waals surface area contributed by atoms with Gasteiger partial charge in [-0.2, -0.15) is 4.99 Å². The van der Waals surface area contributed by atoms with Gasteiger partial charge in [0.15, 0.2) is 5.17 Å². The minimum atomic E-state index is -0.455. The Bertz CT molecular complexity index is 635. The number of allylic oxidation sites excluding steroid dienone is 2. The van der Waals surface area contributed by atoms with Gasteiger partial charge in [-0.05, 0) is 30.0 Å². The smallest absolute Gasteiger partial charge is 0.286 e. The summed E-state index contributed by atoms with van der Waals surface area (Å²) in [4.78, 5) is 25.6. The fourth-order valence-electron chi connectivity index (χ4n) is 1.47. The number of carbonyl (C=O) groups excluding carboxylic acids is 1. The third-order valence-corrected chi connectivity index (χ3v) is 3.12. The van der Waals surface area contributed by atoms with Crippen molar-refractivity contribution in [2.75, 3.05) is 0 Å². The van der Waals surface area contributed by atoms with Gasteiger partial charge in [0.05, 0.1) is 15.4 Å². The number of nitrogens with zero attached hydrogens (tertiary/aromatic N) is 2. The number of aliphatic imine (C=N–C) groups is 1. The summed E-state index contributed by atoms with van der Waals surface area (Å²) in [6, 6.07) is 6.35. The Morgan fingerprint density at radius 3 is 2.74 bits per heavy atom. The summed E-state index contributed by atoms with van der Waals surface area (Å²) in [5.41, 5.74) is 5.88. The van der Waals surface area contributed by atoms with Crippen LogP contribution >= 0.6 is 11.8 Å². The molecule has 0 saturated carbocycles. The van der Waals surface area contributed by atoms with E-state index in [0.717, 1.165) is 11.8 Å². The number of benzene rings is 1. The third-order valence-electron chi connectivity index (χ3n) is 2.29. The molecule has 1 aromatic carbocycles. The van der Waals surface area contributed by atoms with Crippen LogP contribution in [0.25, 0.3) is 6.08 Å². The first kappa shape index (κ1) is 13.0. The quantitative estimate of drug-likeness (QED) is 0.517. The van der Waals surface area contributed by atoms with Crippen LogP contribution in [-0.2, 0) is 4.79 Å². The zero-order valence-corrected chi connectivity index (χ0v) is 10.5. The van der Waals surface area contributed by atoms with Gasteiger partial charge < -0.3 is 5.73 Å². The van der Waals surface area contributed by atoms with Crippen molar-refractivity contribution in [3.05, 3.63) is 57.0 Å². The van der Waals surface area contributed by atoms with Gasteiger partial charge in [-0.15, -0.1) is 0 Å². The van der Waals surface area contributed by atoms with Crippen molar-refractivity contribution < 1.29 is 9.72 Å². The van der Waals surface area contributed by atoms with E-state index in [1.807, 2.05) is 0 Å². The zero-order chi connectivity index (χ0) is 13.8. The zero-order valence-electron chi connectivity index (χ0n) is 9.65. The molecule has 0 fully saturated rings. The lowest BCUT2D eigenvalue weighted by Gasteiger charge is -1.95. The summed E-state index contributed by atoms with van der Waals surface area (Å²) >= 11 is 1.07. The van der Waals surface area contributed by atoms with Crippen LogP contribution in [0.4, 0.5) is 5.69 Å². The van der Waals surface area contributed by atoms with Crippen LogP contribution in [0.5, 0.6) is 0 Å². The molecule has 0 bridgehead atoms. The number of rotatable bonds is 3. The standard InChI is InChI=1S/C12H9N3O3S/c13-12-14-11(16)10(19-12)7-3-5-8-4-1-2-6-9(8)15(17)18/h1-7H,(H2,13,14,16). The van der Waals surface area contributed by atoms with Crippen molar-refractivity contribution in [2.24, 2.45) is 10.7 Å². The third kappa shape index (κ3) is 3.08. The number of nitrogens with two attached hydrogens (primary N) is 1. The van der Waals surface area contributed by atoms with E-state index < -0.39 is 10.8 Å². The Morgan fingerprint density at radius 2 is 2.11 bits per heavy atom. The molecule has 0 radical (unpaired) electrons. The van der Waals surface area contributed by atoms with E-state index >= 15 is 0 Å². The molecule has 2 rings (SSSR count). The largest absolute Gasteiger partial charge is 0.378 e. The number of amides is 1. The molecule has 1 aliphatic heterocycles. The van der Waals surface area contributed by atoms with Gasteiger partial charge in [0.2, 0.25) is 0 Å². The first-order chi connectivity index (χ1) is 9.08. The number of para-hydroxylation sites is 1. The van der Waals surface area contributed by atoms with Crippen LogP contribution in [0.2, 0.25) is 0 Å². The van der Waals surface area contributed by atoms with E-state index in [9.17, 15) is 14.9 Å². The fourth-order valence-corrected chi connectivity index (χ4v) is 2.11. The van der Waals surface area contributed by atoms with Gasteiger partial charge in [0.25, 0.3) is 11.6 Å². The number of nitro groups is 1. The highest BCUT2D eigenvalue weighted by Crippen LogP contribution is 2.24. The Balaban J connectivity index is 2.19. The second-order valence-corrected chi connectivity index (χ2v) is 4.63. The van der Waals surface area contributed by atoms with E-state index in [1.165, 1.54) is 12.1 Å². The fraction of sp³-hybridized carbons (Fsp3) is 0. The van der Waals surface area contributed by atoms with Gasteiger partial charge >= 0.3 is 0 Å². The van der Waals surface area contributed by atoms with Crippen molar-refractivity contribution in [3.8, 4) is 0 Å². The van der Waals surface area contributed by atoms with Crippen molar-refractivity contribution in [3.63, 3.8) is 0 Å².